The molecule has 0 radical (unpaired) electrons. The zero-order valence-electron chi connectivity index (χ0n) is 15.5. The molecule has 2 heterocycles. The van der Waals surface area contributed by atoms with E-state index >= 15 is 0 Å². The minimum absolute atomic E-state index is 0.156. The van der Waals surface area contributed by atoms with Crippen LogP contribution in [0.1, 0.15) is 24.3 Å². The summed E-state index contributed by atoms with van der Waals surface area (Å²) >= 11 is 0. The molecule has 0 unspecified atom stereocenters. The molecule has 0 N–H and O–H groups in total. The van der Waals surface area contributed by atoms with Gasteiger partial charge >= 0.3 is 12.1 Å². The van der Waals surface area contributed by atoms with Crippen LogP contribution in [-0.2, 0) is 12.7 Å². The summed E-state index contributed by atoms with van der Waals surface area (Å²) in [5.74, 6) is -1.55. The van der Waals surface area contributed by atoms with E-state index in [1.165, 1.54) is 0 Å². The fourth-order valence-corrected chi connectivity index (χ4v) is 3.52. The second-order valence-corrected chi connectivity index (χ2v) is 7.02. The van der Waals surface area contributed by atoms with Gasteiger partial charge in [-0.05, 0) is 18.4 Å². The van der Waals surface area contributed by atoms with Gasteiger partial charge in [-0.25, -0.2) is 0 Å². The topological polar surface area (TPSA) is 79.5 Å². The maximum absolute atomic E-state index is 12.6. The van der Waals surface area contributed by atoms with Crippen LogP contribution < -0.4 is 20.7 Å². The lowest BCUT2D eigenvalue weighted by Crippen LogP contribution is -2.44. The van der Waals surface area contributed by atoms with Crippen molar-refractivity contribution in [1.82, 2.24) is 10.1 Å². The van der Waals surface area contributed by atoms with E-state index in [1.807, 2.05) is 4.90 Å². The Hall–Kier alpha value is -3.17. The van der Waals surface area contributed by atoms with Crippen LogP contribution in [0.2, 0.25) is 0 Å². The number of hydrogen-bond acceptors (Lipinski definition) is 7. The van der Waals surface area contributed by atoms with Crippen molar-refractivity contribution in [1.29, 1.82) is 0 Å². The van der Waals surface area contributed by atoms with E-state index in [4.69, 9.17) is 0 Å². The average molecular weight is 406 g/mol. The third-order valence-electron chi connectivity index (χ3n) is 4.97. The molecule has 0 aliphatic carbocycles. The molecule has 2 aromatic carbocycles. The summed E-state index contributed by atoms with van der Waals surface area (Å²) in [6, 6.07) is 6.57. The molecule has 1 fully saturated rings. The molecule has 1 saturated heterocycles. The smallest absolute Gasteiger partial charge is 0.366 e. The molecule has 1 aromatic heterocycles. The van der Waals surface area contributed by atoms with Gasteiger partial charge < -0.3 is 14.3 Å². The quantitative estimate of drug-likeness (QED) is 0.603. The molecule has 29 heavy (non-hydrogen) atoms. The molecule has 1 aliphatic rings. The van der Waals surface area contributed by atoms with Crippen LogP contribution in [-0.4, -0.2) is 30.3 Å². The van der Waals surface area contributed by atoms with Crippen molar-refractivity contribution in [2.24, 2.45) is 0 Å². The zero-order valence-corrected chi connectivity index (χ0v) is 15.5. The number of hydrogen-bond donors (Lipinski definition) is 0. The first kappa shape index (κ1) is 19.2. The molecule has 0 amide bonds. The van der Waals surface area contributed by atoms with Crippen LogP contribution in [0.3, 0.4) is 0 Å². The van der Waals surface area contributed by atoms with Gasteiger partial charge in [0.2, 0.25) is 5.82 Å². The predicted molar refractivity (Wildman–Crippen MR) is 99.6 cm³/mol. The Morgan fingerprint density at radius 1 is 1.10 bits per heavy atom. The lowest BCUT2D eigenvalue weighted by Gasteiger charge is -2.28. The number of nitrogens with zero attached hydrogens (tertiary/aromatic N) is 4. The molecule has 0 saturated carbocycles. The van der Waals surface area contributed by atoms with Gasteiger partial charge in [-0.15, -0.1) is 0 Å². The summed E-state index contributed by atoms with van der Waals surface area (Å²) in [7, 11) is 1.73. The van der Waals surface area contributed by atoms with Crippen LogP contribution in [0.4, 0.5) is 24.5 Å². The molecule has 7 nitrogen and oxygen atoms in total. The first-order valence-corrected chi connectivity index (χ1v) is 9.05. The van der Waals surface area contributed by atoms with E-state index in [-0.39, 0.29) is 5.82 Å². The second kappa shape index (κ2) is 7.02. The van der Waals surface area contributed by atoms with Crippen molar-refractivity contribution in [2.45, 2.75) is 25.6 Å². The summed E-state index contributed by atoms with van der Waals surface area (Å²) in [6.07, 6.45) is -2.70. The predicted octanol–water partition coefficient (Wildman–Crippen LogP) is 2.59. The third kappa shape index (κ3) is 3.50. The van der Waals surface area contributed by atoms with Gasteiger partial charge in [-0.3, -0.25) is 9.59 Å². The zero-order chi connectivity index (χ0) is 20.8. The Morgan fingerprint density at radius 2 is 1.76 bits per heavy atom. The molecule has 1 aliphatic heterocycles. The van der Waals surface area contributed by atoms with Crippen LogP contribution in [0.5, 0.6) is 0 Å². The molecule has 0 atom stereocenters. The Morgan fingerprint density at radius 3 is 2.34 bits per heavy atom. The minimum Gasteiger partial charge on any atom is -0.366 e. The Balaban J connectivity index is 1.50. The van der Waals surface area contributed by atoms with Crippen molar-refractivity contribution >= 4 is 11.4 Å². The van der Waals surface area contributed by atoms with Crippen LogP contribution >= 0.6 is 0 Å². The monoisotopic (exact) mass is 406 g/mol. The number of benzene rings is 1. The van der Waals surface area contributed by atoms with Crippen molar-refractivity contribution < 1.29 is 17.7 Å². The van der Waals surface area contributed by atoms with E-state index < -0.39 is 22.9 Å². The highest BCUT2D eigenvalue weighted by molar-refractivity contribution is 5.76. The van der Waals surface area contributed by atoms with Gasteiger partial charge in [-0.2, -0.15) is 18.2 Å². The van der Waals surface area contributed by atoms with E-state index in [2.05, 4.69) is 14.7 Å². The van der Waals surface area contributed by atoms with Crippen molar-refractivity contribution in [3.8, 4) is 11.4 Å². The third-order valence-corrected chi connectivity index (χ3v) is 4.97. The first-order chi connectivity index (χ1) is 13.8. The van der Waals surface area contributed by atoms with Gasteiger partial charge in [0.25, 0.3) is 10.9 Å². The minimum atomic E-state index is -4.69. The summed E-state index contributed by atoms with van der Waals surface area (Å²) in [5, 5.41) is 3.35. The van der Waals surface area contributed by atoms with Crippen LogP contribution in [0.25, 0.3) is 11.4 Å². The molecule has 152 valence electrons. The lowest BCUT2D eigenvalue weighted by molar-refractivity contribution is -0.159. The molecule has 4 rings (SSSR count). The largest absolute Gasteiger partial charge is 0.471 e. The van der Waals surface area contributed by atoms with Gasteiger partial charge in [0, 0.05) is 32.2 Å². The number of halogens is 3. The standard InChI is InChI=1S/C19H17F3N4O3/c1-25(13-14(16(28)15(13)27)26-8-2-3-9-26)10-11-4-6-12(7-5-11)17-23-18(29-24-17)19(20,21)22/h4-7H,2-3,8-10H2,1H3. The van der Waals surface area contributed by atoms with Crippen molar-refractivity contribution in [3.05, 3.63) is 56.2 Å². The maximum atomic E-state index is 12.6. The maximum Gasteiger partial charge on any atom is 0.471 e. The number of rotatable bonds is 5. The van der Waals surface area contributed by atoms with Crippen LogP contribution in [0, 0.1) is 0 Å². The van der Waals surface area contributed by atoms with Gasteiger partial charge in [-0.1, -0.05) is 29.4 Å². The Bertz CT molecular complexity index is 1090. The van der Waals surface area contributed by atoms with E-state index in [1.54, 1.807) is 36.2 Å². The fraction of sp³-hybridized carbons (Fsp3) is 0.368. The fourth-order valence-electron chi connectivity index (χ4n) is 3.52. The summed E-state index contributed by atoms with van der Waals surface area (Å²) in [6.45, 7) is 1.90. The number of alkyl halides is 3. The normalized spacial score (nSPS) is 14.7. The van der Waals surface area contributed by atoms with E-state index in [0.717, 1.165) is 31.5 Å². The molecule has 0 spiro atoms. The highest BCUT2D eigenvalue weighted by atomic mass is 19.4. The summed E-state index contributed by atoms with van der Waals surface area (Å²) in [4.78, 5) is 31.1. The lowest BCUT2D eigenvalue weighted by atomic mass is 10.1. The molecular formula is C19H17F3N4O3. The first-order valence-electron chi connectivity index (χ1n) is 9.05. The summed E-state index contributed by atoms with van der Waals surface area (Å²) < 4.78 is 42.0. The van der Waals surface area contributed by atoms with Gasteiger partial charge in [0.1, 0.15) is 11.4 Å². The molecular weight excluding hydrogens is 389 g/mol. The van der Waals surface area contributed by atoms with Crippen molar-refractivity contribution in [3.63, 3.8) is 0 Å². The van der Waals surface area contributed by atoms with Gasteiger partial charge in [0.15, 0.2) is 0 Å². The van der Waals surface area contributed by atoms with Crippen LogP contribution in [0.15, 0.2) is 38.4 Å². The van der Waals surface area contributed by atoms with E-state index in [0.29, 0.717) is 23.5 Å². The summed E-state index contributed by atoms with van der Waals surface area (Å²) in [5.41, 5.74) is 1.16. The number of aromatic nitrogens is 2. The highest BCUT2D eigenvalue weighted by Gasteiger charge is 2.38. The van der Waals surface area contributed by atoms with Gasteiger partial charge in [0.05, 0.1) is 0 Å². The van der Waals surface area contributed by atoms with Crippen molar-refractivity contribution in [2.75, 3.05) is 29.9 Å². The average Bonchev–Trinajstić information content (AvgIpc) is 3.37. The highest BCUT2D eigenvalue weighted by Crippen LogP contribution is 2.30. The molecule has 10 heteroatoms. The molecule has 3 aromatic rings. The molecule has 0 bridgehead atoms. The Kier molecular flexibility index (Phi) is 4.64. The SMILES string of the molecule is CN(Cc1ccc(-c2noc(C(F)(F)F)n2)cc1)c1c(N2CCCC2)c(=O)c1=O. The Labute approximate surface area is 163 Å². The van der Waals surface area contributed by atoms with E-state index in [9.17, 15) is 22.8 Å². The number of anilines is 2. The second-order valence-electron chi connectivity index (χ2n) is 7.02.